The summed E-state index contributed by atoms with van der Waals surface area (Å²) >= 11 is 1.08. The quantitative estimate of drug-likeness (QED) is 0.516. The minimum atomic E-state index is -0.703. The first-order valence-electron chi connectivity index (χ1n) is 14.0. The average Bonchev–Trinajstić information content (AvgIpc) is 3.57. The molecule has 218 valence electrons. The van der Waals surface area contributed by atoms with Gasteiger partial charge in [-0.2, -0.15) is 0 Å². The number of hydrogen-bond donors (Lipinski definition) is 2. The van der Waals surface area contributed by atoms with Crippen LogP contribution in [0.1, 0.15) is 39.5 Å². The number of nitrogens with zero attached hydrogens (tertiary/aromatic N) is 3. The SMILES string of the molecule is CC=c1c(=O)c2c(NC3CCCOC3)nc(O[C@@H](C)[C@@H]3CCCN3C)[n-]c-2c(F)c1=C1C=CC(F)=C2SC(N)=C[C-]21. The standard InChI is InChI=1S/C30H34F2N5O3S/c1-4-17-23(18-9-10-20(31)28-19(18)13-22(33)41-28)25(32)26-24(27(17)38)29(34-16-7-6-12-39-14-16)36-30(35-26)40-15(2)21-8-5-11-37(21)3/h4,9-10,13,15-16,21H,5-8,11-12,14,33H2,1-3H3,(H2,34,35,36,38)/q-1/p-1/t15-,16?,21-/m0/s1. The zero-order valence-corrected chi connectivity index (χ0v) is 24.1. The Bertz CT molecular complexity index is 1610. The molecule has 0 radical (unpaired) electrons. The van der Waals surface area contributed by atoms with Crippen LogP contribution in [0.3, 0.4) is 0 Å². The number of ether oxygens (including phenoxy) is 2. The van der Waals surface area contributed by atoms with Crippen LogP contribution in [-0.4, -0.2) is 54.9 Å². The fourth-order valence-corrected chi connectivity index (χ4v) is 7.00. The Balaban J connectivity index is 1.57. The predicted molar refractivity (Wildman–Crippen MR) is 157 cm³/mol. The lowest BCUT2D eigenvalue weighted by molar-refractivity contribution is 0.0873. The van der Waals surface area contributed by atoms with Crippen LogP contribution in [0, 0.1) is 11.7 Å². The number of anilines is 1. The highest BCUT2D eigenvalue weighted by atomic mass is 32.2. The van der Waals surface area contributed by atoms with E-state index in [0.717, 1.165) is 44.0 Å². The van der Waals surface area contributed by atoms with Gasteiger partial charge in [0.25, 0.3) is 0 Å². The van der Waals surface area contributed by atoms with E-state index >= 15 is 4.39 Å². The van der Waals surface area contributed by atoms with Gasteiger partial charge in [0.1, 0.15) is 17.9 Å². The van der Waals surface area contributed by atoms with Gasteiger partial charge in [-0.25, -0.2) is 4.39 Å². The highest BCUT2D eigenvalue weighted by Crippen LogP contribution is 2.48. The number of likely N-dealkylation sites (N-methyl/N-ethyl adjacent to an activating group) is 1. The summed E-state index contributed by atoms with van der Waals surface area (Å²) < 4.78 is 43.3. The second-order valence-corrected chi connectivity index (χ2v) is 11.9. The molecule has 2 aliphatic carbocycles. The van der Waals surface area contributed by atoms with Crippen molar-refractivity contribution in [1.29, 1.82) is 0 Å². The Kier molecular flexibility index (Phi) is 7.60. The molecule has 2 saturated heterocycles. The number of nitrogens with two attached hydrogens (primary N) is 1. The summed E-state index contributed by atoms with van der Waals surface area (Å²) in [6.07, 6.45) is 9.39. The topological polar surface area (TPSA) is 104 Å². The molecular formula is C30H33F2N5O3S-2. The molecule has 0 amide bonds. The summed E-state index contributed by atoms with van der Waals surface area (Å²) in [7, 11) is 2.05. The van der Waals surface area contributed by atoms with E-state index in [0.29, 0.717) is 34.6 Å². The van der Waals surface area contributed by atoms with E-state index in [-0.39, 0.29) is 51.7 Å². The van der Waals surface area contributed by atoms with Gasteiger partial charge >= 0.3 is 0 Å². The van der Waals surface area contributed by atoms with Crippen molar-refractivity contribution in [3.8, 4) is 17.3 Å². The van der Waals surface area contributed by atoms with Crippen molar-refractivity contribution in [2.24, 2.45) is 5.73 Å². The molecule has 2 fully saturated rings. The van der Waals surface area contributed by atoms with Gasteiger partial charge in [0, 0.05) is 40.8 Å². The lowest BCUT2D eigenvalue weighted by Gasteiger charge is -2.32. The van der Waals surface area contributed by atoms with E-state index in [1.54, 1.807) is 19.1 Å². The Labute approximate surface area is 241 Å². The number of aromatic nitrogens is 2. The molecule has 6 rings (SSSR count). The molecule has 4 aliphatic heterocycles. The van der Waals surface area contributed by atoms with E-state index < -0.39 is 17.1 Å². The molecule has 1 unspecified atom stereocenters. The number of hydrogen-bond acceptors (Lipinski definition) is 8. The van der Waals surface area contributed by atoms with E-state index in [2.05, 4.69) is 20.2 Å². The minimum Gasteiger partial charge on any atom is -0.496 e. The van der Waals surface area contributed by atoms with Crippen LogP contribution < -0.4 is 36.6 Å². The summed E-state index contributed by atoms with van der Waals surface area (Å²) in [5.41, 5.74) is 5.85. The van der Waals surface area contributed by atoms with Gasteiger partial charge in [-0.05, 0) is 68.5 Å². The fraction of sp³-hybridized carbons (Fsp3) is 0.433. The largest absolute Gasteiger partial charge is 0.496 e. The number of allylic oxidation sites excluding steroid dienone is 5. The van der Waals surface area contributed by atoms with Crippen LogP contribution in [0.4, 0.5) is 14.6 Å². The van der Waals surface area contributed by atoms with Crippen molar-refractivity contribution in [3.63, 3.8) is 0 Å². The molecule has 41 heavy (non-hydrogen) atoms. The second-order valence-electron chi connectivity index (χ2n) is 10.9. The third-order valence-electron chi connectivity index (χ3n) is 8.18. The second kappa shape index (κ2) is 11.2. The summed E-state index contributed by atoms with van der Waals surface area (Å²) in [5, 5.41) is 3.91. The van der Waals surface area contributed by atoms with E-state index in [1.165, 1.54) is 12.2 Å². The lowest BCUT2D eigenvalue weighted by Crippen LogP contribution is -2.46. The van der Waals surface area contributed by atoms with Crippen LogP contribution >= 0.6 is 11.8 Å². The zero-order chi connectivity index (χ0) is 28.8. The van der Waals surface area contributed by atoms with Gasteiger partial charge in [0.2, 0.25) is 0 Å². The third kappa shape index (κ3) is 5.04. The van der Waals surface area contributed by atoms with Crippen molar-refractivity contribution in [1.82, 2.24) is 14.9 Å². The predicted octanol–water partition coefficient (Wildman–Crippen LogP) is 2.92. The highest BCUT2D eigenvalue weighted by molar-refractivity contribution is 8.07. The molecule has 6 aliphatic rings. The lowest BCUT2D eigenvalue weighted by atomic mass is 9.89. The first kappa shape index (κ1) is 27.9. The third-order valence-corrected chi connectivity index (χ3v) is 9.15. The van der Waals surface area contributed by atoms with Gasteiger partial charge < -0.3 is 30.5 Å². The Morgan fingerprint density at radius 1 is 1.34 bits per heavy atom. The number of likely N-dealkylation sites (tertiary alicyclic amines) is 1. The van der Waals surface area contributed by atoms with Crippen LogP contribution in [0.15, 0.2) is 38.8 Å². The molecule has 0 aromatic rings. The van der Waals surface area contributed by atoms with Crippen molar-refractivity contribution < 1.29 is 18.3 Å². The summed E-state index contributed by atoms with van der Waals surface area (Å²) in [6.45, 7) is 5.71. The maximum absolute atomic E-state index is 16.8. The fourth-order valence-electron chi connectivity index (χ4n) is 6.14. The first-order valence-corrected chi connectivity index (χ1v) is 14.8. The minimum absolute atomic E-state index is 0.00830. The number of rotatable bonds is 5. The monoisotopic (exact) mass is 581 g/mol. The van der Waals surface area contributed by atoms with Crippen LogP contribution in [-0.2, 0) is 4.74 Å². The van der Waals surface area contributed by atoms with Crippen LogP contribution in [0.2, 0.25) is 0 Å². The maximum Gasteiger partial charge on any atom is 0.188 e. The van der Waals surface area contributed by atoms with Gasteiger partial charge in [0.15, 0.2) is 5.43 Å². The Morgan fingerprint density at radius 2 is 2.17 bits per heavy atom. The summed E-state index contributed by atoms with van der Waals surface area (Å²) in [6, 6.07) is 0.0577. The van der Waals surface area contributed by atoms with Crippen molar-refractivity contribution >= 4 is 29.2 Å². The molecule has 11 heteroatoms. The highest BCUT2D eigenvalue weighted by Gasteiger charge is 2.29. The molecule has 0 aromatic heterocycles. The number of halogens is 2. The number of nitrogens with one attached hydrogen (secondary N) is 1. The van der Waals surface area contributed by atoms with E-state index in [1.807, 2.05) is 14.0 Å². The van der Waals surface area contributed by atoms with Gasteiger partial charge in [0.05, 0.1) is 12.4 Å². The normalized spacial score (nSPS) is 25.6. The first-order chi connectivity index (χ1) is 19.8. The number of benzene rings is 1. The molecule has 0 bridgehead atoms. The zero-order valence-electron chi connectivity index (χ0n) is 23.3. The summed E-state index contributed by atoms with van der Waals surface area (Å²) in [4.78, 5) is 25.7. The average molecular weight is 582 g/mol. The van der Waals surface area contributed by atoms with Crippen LogP contribution in [0.5, 0.6) is 6.01 Å². The van der Waals surface area contributed by atoms with Crippen molar-refractivity contribution in [2.45, 2.75) is 57.7 Å². The van der Waals surface area contributed by atoms with Crippen molar-refractivity contribution in [2.75, 3.05) is 32.1 Å². The molecule has 8 nitrogen and oxygen atoms in total. The molecule has 0 spiro atoms. The molecule has 3 N–H and O–H groups in total. The number of fused-ring (bicyclic) bond motifs is 2. The molecule has 4 heterocycles. The Hall–Kier alpha value is -3.28. The van der Waals surface area contributed by atoms with E-state index in [9.17, 15) is 9.18 Å². The number of thioether (sulfide) groups is 1. The van der Waals surface area contributed by atoms with Crippen molar-refractivity contribution in [3.05, 3.63) is 66.4 Å². The molecule has 0 aromatic carbocycles. The molecule has 0 saturated carbocycles. The van der Waals surface area contributed by atoms with Gasteiger partial charge in [-0.3, -0.25) is 14.1 Å². The molecular weight excluding hydrogens is 548 g/mol. The maximum atomic E-state index is 16.8. The summed E-state index contributed by atoms with van der Waals surface area (Å²) in [5.74, 6) is -0.503. The Morgan fingerprint density at radius 3 is 2.88 bits per heavy atom. The molecule has 3 atom stereocenters. The smallest absolute Gasteiger partial charge is 0.188 e. The van der Waals surface area contributed by atoms with Crippen LogP contribution in [0.25, 0.3) is 22.9 Å². The van der Waals surface area contributed by atoms with Gasteiger partial charge in [-0.1, -0.05) is 24.1 Å². The van der Waals surface area contributed by atoms with Gasteiger partial charge in [-0.15, -0.1) is 23.4 Å². The van der Waals surface area contributed by atoms with E-state index in [4.69, 9.17) is 15.2 Å².